The van der Waals surface area contributed by atoms with Gasteiger partial charge in [-0.1, -0.05) is 30.3 Å². The normalized spacial score (nSPS) is 20.8. The molecule has 2 rings (SSSR count). The van der Waals surface area contributed by atoms with E-state index in [0.29, 0.717) is 19.8 Å². The molecule has 1 amide bonds. The maximum Gasteiger partial charge on any atom is 0.250 e. The first kappa shape index (κ1) is 14.0. The van der Waals surface area contributed by atoms with Crippen LogP contribution < -0.4 is 10.6 Å². The molecule has 0 spiro atoms. The Morgan fingerprint density at radius 2 is 2.32 bits per heavy atom. The third kappa shape index (κ3) is 4.63. The van der Waals surface area contributed by atoms with Gasteiger partial charge in [0, 0.05) is 13.1 Å². The van der Waals surface area contributed by atoms with E-state index < -0.39 is 6.10 Å². The van der Waals surface area contributed by atoms with E-state index in [1.54, 1.807) is 6.92 Å². The quantitative estimate of drug-likeness (QED) is 0.820. The van der Waals surface area contributed by atoms with Gasteiger partial charge in [0.1, 0.15) is 12.3 Å². The zero-order chi connectivity index (χ0) is 13.5. The molecule has 1 aromatic carbocycles. The molecule has 1 unspecified atom stereocenters. The summed E-state index contributed by atoms with van der Waals surface area (Å²) >= 11 is 0. The summed E-state index contributed by atoms with van der Waals surface area (Å²) < 4.78 is 11.0. The van der Waals surface area contributed by atoms with Gasteiger partial charge in [-0.15, -0.1) is 0 Å². The highest BCUT2D eigenvalue weighted by Crippen LogP contribution is 2.04. The van der Waals surface area contributed by atoms with Gasteiger partial charge in [0.25, 0.3) is 5.91 Å². The van der Waals surface area contributed by atoms with Crippen molar-refractivity contribution in [3.63, 3.8) is 0 Å². The van der Waals surface area contributed by atoms with Crippen molar-refractivity contribution in [2.24, 2.45) is 0 Å². The highest BCUT2D eigenvalue weighted by molar-refractivity contribution is 5.80. The average Bonchev–Trinajstić information content (AvgIpc) is 2.47. The summed E-state index contributed by atoms with van der Waals surface area (Å²) in [5, 5.41) is 5.96. The second-order valence-electron chi connectivity index (χ2n) is 4.51. The summed E-state index contributed by atoms with van der Waals surface area (Å²) in [6, 6.07) is 9.79. The molecule has 104 valence electrons. The SMILES string of the molecule is CC(OCc1ccccc1)C(=O)N[C@H]1CNCCO1. The van der Waals surface area contributed by atoms with E-state index in [4.69, 9.17) is 9.47 Å². The smallest absolute Gasteiger partial charge is 0.250 e. The molecule has 0 bridgehead atoms. The van der Waals surface area contributed by atoms with Crippen LogP contribution in [-0.2, 0) is 20.9 Å². The molecule has 0 aliphatic carbocycles. The minimum absolute atomic E-state index is 0.148. The largest absolute Gasteiger partial charge is 0.364 e. The molecule has 2 N–H and O–H groups in total. The van der Waals surface area contributed by atoms with Crippen LogP contribution in [0.2, 0.25) is 0 Å². The number of ether oxygens (including phenoxy) is 2. The van der Waals surface area contributed by atoms with Gasteiger partial charge in [0.05, 0.1) is 13.2 Å². The molecule has 0 radical (unpaired) electrons. The van der Waals surface area contributed by atoms with Crippen LogP contribution in [0.25, 0.3) is 0 Å². The van der Waals surface area contributed by atoms with Gasteiger partial charge in [-0.25, -0.2) is 0 Å². The molecule has 0 aromatic heterocycles. The molecule has 1 saturated heterocycles. The number of hydrogen-bond donors (Lipinski definition) is 2. The number of benzene rings is 1. The first-order chi connectivity index (χ1) is 9.25. The minimum Gasteiger partial charge on any atom is -0.364 e. The molecular weight excluding hydrogens is 244 g/mol. The zero-order valence-electron chi connectivity index (χ0n) is 11.1. The van der Waals surface area contributed by atoms with E-state index >= 15 is 0 Å². The summed E-state index contributed by atoms with van der Waals surface area (Å²) in [5.41, 5.74) is 1.05. The van der Waals surface area contributed by atoms with E-state index in [9.17, 15) is 4.79 Å². The fourth-order valence-corrected chi connectivity index (χ4v) is 1.81. The number of nitrogens with one attached hydrogen (secondary N) is 2. The van der Waals surface area contributed by atoms with Crippen LogP contribution in [-0.4, -0.2) is 37.9 Å². The van der Waals surface area contributed by atoms with E-state index in [2.05, 4.69) is 10.6 Å². The lowest BCUT2D eigenvalue weighted by Crippen LogP contribution is -2.51. The highest BCUT2D eigenvalue weighted by atomic mass is 16.5. The second-order valence-corrected chi connectivity index (χ2v) is 4.51. The monoisotopic (exact) mass is 264 g/mol. The number of morpholine rings is 1. The molecular formula is C14H20N2O3. The molecule has 0 saturated carbocycles. The first-order valence-electron chi connectivity index (χ1n) is 6.54. The van der Waals surface area contributed by atoms with Crippen molar-refractivity contribution in [2.45, 2.75) is 25.9 Å². The van der Waals surface area contributed by atoms with Crippen molar-refractivity contribution in [3.05, 3.63) is 35.9 Å². The van der Waals surface area contributed by atoms with Gasteiger partial charge in [0.2, 0.25) is 0 Å². The lowest BCUT2D eigenvalue weighted by Gasteiger charge is -2.25. The van der Waals surface area contributed by atoms with Gasteiger partial charge in [-0.2, -0.15) is 0 Å². The van der Waals surface area contributed by atoms with Crippen molar-refractivity contribution in [1.29, 1.82) is 0 Å². The third-order valence-electron chi connectivity index (χ3n) is 2.94. The number of amides is 1. The summed E-state index contributed by atoms with van der Waals surface area (Å²) in [6.07, 6.45) is -0.755. The van der Waals surface area contributed by atoms with Crippen molar-refractivity contribution in [1.82, 2.24) is 10.6 Å². The maximum absolute atomic E-state index is 11.9. The first-order valence-corrected chi connectivity index (χ1v) is 6.54. The predicted molar refractivity (Wildman–Crippen MR) is 71.4 cm³/mol. The molecule has 1 aliphatic heterocycles. The molecule has 5 heteroatoms. The van der Waals surface area contributed by atoms with E-state index in [0.717, 1.165) is 12.1 Å². The molecule has 2 atom stereocenters. The van der Waals surface area contributed by atoms with E-state index in [1.807, 2.05) is 30.3 Å². The van der Waals surface area contributed by atoms with Gasteiger partial charge in [-0.3, -0.25) is 4.79 Å². The van der Waals surface area contributed by atoms with Crippen LogP contribution >= 0.6 is 0 Å². The maximum atomic E-state index is 11.9. The van der Waals surface area contributed by atoms with Crippen LogP contribution in [0.5, 0.6) is 0 Å². The van der Waals surface area contributed by atoms with Crippen molar-refractivity contribution >= 4 is 5.91 Å². The average molecular weight is 264 g/mol. The Morgan fingerprint density at radius 1 is 1.53 bits per heavy atom. The van der Waals surface area contributed by atoms with Crippen LogP contribution in [0.3, 0.4) is 0 Å². The van der Waals surface area contributed by atoms with Crippen LogP contribution in [0.1, 0.15) is 12.5 Å². The van der Waals surface area contributed by atoms with Gasteiger partial charge >= 0.3 is 0 Å². The summed E-state index contributed by atoms with van der Waals surface area (Å²) in [7, 11) is 0. The number of rotatable bonds is 5. The van der Waals surface area contributed by atoms with E-state index in [-0.39, 0.29) is 12.1 Å². The lowest BCUT2D eigenvalue weighted by molar-refractivity contribution is -0.137. The fourth-order valence-electron chi connectivity index (χ4n) is 1.81. The van der Waals surface area contributed by atoms with Crippen molar-refractivity contribution < 1.29 is 14.3 Å². The van der Waals surface area contributed by atoms with Gasteiger partial charge in [0.15, 0.2) is 0 Å². The molecule has 1 aromatic rings. The Morgan fingerprint density at radius 3 is 3.00 bits per heavy atom. The van der Waals surface area contributed by atoms with Crippen molar-refractivity contribution in [3.8, 4) is 0 Å². The number of carbonyl (C=O) groups excluding carboxylic acids is 1. The fraction of sp³-hybridized carbons (Fsp3) is 0.500. The molecule has 1 heterocycles. The summed E-state index contributed by atoms with van der Waals surface area (Å²) in [5.74, 6) is -0.148. The molecule has 1 fully saturated rings. The van der Waals surface area contributed by atoms with Crippen LogP contribution in [0.4, 0.5) is 0 Å². The lowest BCUT2D eigenvalue weighted by atomic mass is 10.2. The second kappa shape index (κ2) is 7.23. The summed E-state index contributed by atoms with van der Waals surface area (Å²) in [4.78, 5) is 11.9. The Bertz CT molecular complexity index is 391. The van der Waals surface area contributed by atoms with Crippen LogP contribution in [0, 0.1) is 0 Å². The summed E-state index contributed by atoms with van der Waals surface area (Å²) in [6.45, 7) is 4.25. The minimum atomic E-state index is -0.495. The molecule has 1 aliphatic rings. The van der Waals surface area contributed by atoms with Crippen molar-refractivity contribution in [2.75, 3.05) is 19.7 Å². The zero-order valence-corrected chi connectivity index (χ0v) is 11.1. The van der Waals surface area contributed by atoms with E-state index in [1.165, 1.54) is 0 Å². The van der Waals surface area contributed by atoms with Gasteiger partial charge < -0.3 is 20.1 Å². The number of carbonyl (C=O) groups is 1. The van der Waals surface area contributed by atoms with Gasteiger partial charge in [-0.05, 0) is 12.5 Å². The predicted octanol–water partition coefficient (Wildman–Crippen LogP) is 0.654. The topological polar surface area (TPSA) is 59.6 Å². The Labute approximate surface area is 113 Å². The highest BCUT2D eigenvalue weighted by Gasteiger charge is 2.20. The Hall–Kier alpha value is -1.43. The Kier molecular flexibility index (Phi) is 5.32. The standard InChI is InChI=1S/C14H20N2O3/c1-11(19-10-12-5-3-2-4-6-12)14(17)16-13-9-15-7-8-18-13/h2-6,11,13,15H,7-10H2,1H3,(H,16,17)/t11?,13-/m1/s1. The molecule has 19 heavy (non-hydrogen) atoms. The number of hydrogen-bond acceptors (Lipinski definition) is 4. The molecule has 5 nitrogen and oxygen atoms in total. The van der Waals surface area contributed by atoms with Crippen LogP contribution in [0.15, 0.2) is 30.3 Å². The Balaban J connectivity index is 1.72. The third-order valence-corrected chi connectivity index (χ3v) is 2.94.